The van der Waals surface area contributed by atoms with Crippen LogP contribution in [-0.4, -0.2) is 132 Å². The van der Waals surface area contributed by atoms with Crippen molar-refractivity contribution >= 4 is 0 Å². The minimum absolute atomic E-state index is 0.291. The van der Waals surface area contributed by atoms with Crippen molar-refractivity contribution < 1.29 is 33.2 Å². The lowest BCUT2D eigenvalue weighted by Crippen LogP contribution is -2.46. The molecular weight excluding hydrogens is 460 g/mol. The van der Waals surface area contributed by atoms with E-state index < -0.39 is 10.8 Å². The molecule has 0 heterocycles. The van der Waals surface area contributed by atoms with E-state index in [1.807, 2.05) is 0 Å². The van der Waals surface area contributed by atoms with Gasteiger partial charge in [-0.25, -0.2) is 0 Å². The molecule has 0 saturated carbocycles. The van der Waals surface area contributed by atoms with E-state index in [1.54, 1.807) is 0 Å². The monoisotopic (exact) mass is 512 g/mol. The summed E-state index contributed by atoms with van der Waals surface area (Å²) >= 11 is 0. The highest BCUT2D eigenvalue weighted by molar-refractivity contribution is 4.83. The van der Waals surface area contributed by atoms with E-state index in [0.29, 0.717) is 132 Å². The molecule has 0 bridgehead atoms. The molecule has 212 valence electrons. The SMILES string of the molecule is NCCOCC(COCCN)(COCCN)COCC(COCCN)(COCCN)COCCN. The number of hydrogen-bond donors (Lipinski definition) is 6. The van der Waals surface area contributed by atoms with Crippen LogP contribution >= 0.6 is 0 Å². The van der Waals surface area contributed by atoms with Gasteiger partial charge in [0, 0.05) is 39.3 Å². The maximum absolute atomic E-state index is 6.28. The summed E-state index contributed by atoms with van der Waals surface area (Å²) in [5.41, 5.74) is 32.5. The maximum Gasteiger partial charge on any atom is 0.0637 e. The van der Waals surface area contributed by atoms with Crippen molar-refractivity contribution in [3.8, 4) is 0 Å². The van der Waals surface area contributed by atoms with Crippen LogP contribution in [0.15, 0.2) is 0 Å². The van der Waals surface area contributed by atoms with E-state index in [-0.39, 0.29) is 0 Å². The van der Waals surface area contributed by atoms with Crippen LogP contribution in [0.4, 0.5) is 0 Å². The predicted octanol–water partition coefficient (Wildman–Crippen LogP) is -3.17. The Balaban J connectivity index is 5.49. The van der Waals surface area contributed by atoms with Gasteiger partial charge in [-0.05, 0) is 0 Å². The van der Waals surface area contributed by atoms with Crippen LogP contribution < -0.4 is 34.4 Å². The number of rotatable bonds is 28. The van der Waals surface area contributed by atoms with Gasteiger partial charge in [0.2, 0.25) is 0 Å². The quantitative estimate of drug-likeness (QED) is 0.0570. The van der Waals surface area contributed by atoms with Gasteiger partial charge in [-0.15, -0.1) is 0 Å². The Morgan fingerprint density at radius 3 is 0.629 bits per heavy atom. The van der Waals surface area contributed by atoms with E-state index in [0.717, 1.165) is 0 Å². The van der Waals surface area contributed by atoms with Gasteiger partial charge in [0.1, 0.15) is 0 Å². The van der Waals surface area contributed by atoms with Crippen LogP contribution in [0.3, 0.4) is 0 Å². The molecule has 13 nitrogen and oxygen atoms in total. The second kappa shape index (κ2) is 23.9. The van der Waals surface area contributed by atoms with Gasteiger partial charge in [0.05, 0.1) is 103 Å². The molecule has 0 radical (unpaired) electrons. The standard InChI is InChI=1S/C22H52N6O7/c23-1-7-29-13-21(14-30-8-2-24,15-31-9-3-25)19-35-20-22(16-32-10-4-26,17-33-11-5-27)18-34-12-6-28/h1-20,23-28H2. The van der Waals surface area contributed by atoms with Gasteiger partial charge in [-0.2, -0.15) is 0 Å². The summed E-state index contributed by atoms with van der Waals surface area (Å²) in [6, 6.07) is 0. The number of nitrogens with two attached hydrogens (primary N) is 6. The van der Waals surface area contributed by atoms with Crippen molar-refractivity contribution in [2.45, 2.75) is 0 Å². The molecule has 0 aliphatic heterocycles. The Kier molecular flexibility index (Phi) is 23.5. The fraction of sp³-hybridized carbons (Fsp3) is 1.00. The molecule has 0 atom stereocenters. The average Bonchev–Trinajstić information content (AvgIpc) is 2.85. The summed E-state index contributed by atoms with van der Waals surface area (Å²) < 4.78 is 41.0. The molecule has 0 saturated heterocycles. The van der Waals surface area contributed by atoms with Crippen molar-refractivity contribution in [1.29, 1.82) is 0 Å². The Hall–Kier alpha value is -0.520. The highest BCUT2D eigenvalue weighted by atomic mass is 16.5. The maximum atomic E-state index is 6.28. The molecule has 0 rings (SSSR count). The molecular formula is C22H52N6O7. The van der Waals surface area contributed by atoms with Crippen molar-refractivity contribution in [2.24, 2.45) is 45.2 Å². The minimum Gasteiger partial charge on any atom is -0.380 e. The van der Waals surface area contributed by atoms with Crippen molar-refractivity contribution in [3.63, 3.8) is 0 Å². The lowest BCUT2D eigenvalue weighted by atomic mass is 9.90. The molecule has 0 aromatic rings. The highest BCUT2D eigenvalue weighted by Gasteiger charge is 2.36. The molecule has 0 aliphatic rings. The highest BCUT2D eigenvalue weighted by Crippen LogP contribution is 2.25. The third kappa shape index (κ3) is 17.5. The molecule has 35 heavy (non-hydrogen) atoms. The van der Waals surface area contributed by atoms with Crippen LogP contribution in [0.25, 0.3) is 0 Å². The zero-order valence-corrected chi connectivity index (χ0v) is 21.5. The first-order chi connectivity index (χ1) is 17.1. The molecule has 13 heteroatoms. The van der Waals surface area contributed by atoms with Crippen LogP contribution in [0.2, 0.25) is 0 Å². The Labute approximate surface area is 210 Å². The summed E-state index contributed by atoms with van der Waals surface area (Å²) in [6.45, 7) is 7.49. The molecule has 0 fully saturated rings. The van der Waals surface area contributed by atoms with E-state index in [1.165, 1.54) is 0 Å². The third-order valence-electron chi connectivity index (χ3n) is 4.84. The Bertz CT molecular complexity index is 363. The molecule has 0 aliphatic carbocycles. The fourth-order valence-electron chi connectivity index (χ4n) is 3.22. The summed E-state index contributed by atoms with van der Waals surface area (Å²) in [6.07, 6.45) is 0. The zero-order chi connectivity index (χ0) is 26.1. The number of ether oxygens (including phenoxy) is 7. The second-order valence-corrected chi connectivity index (χ2v) is 8.54. The topological polar surface area (TPSA) is 221 Å². The zero-order valence-electron chi connectivity index (χ0n) is 21.5. The first-order valence-electron chi connectivity index (χ1n) is 12.3. The predicted molar refractivity (Wildman–Crippen MR) is 135 cm³/mol. The van der Waals surface area contributed by atoms with Crippen molar-refractivity contribution in [1.82, 2.24) is 0 Å². The molecule has 12 N–H and O–H groups in total. The van der Waals surface area contributed by atoms with Gasteiger partial charge >= 0.3 is 0 Å². The fourth-order valence-corrected chi connectivity index (χ4v) is 3.22. The first kappa shape index (κ1) is 34.5. The number of hydrogen-bond acceptors (Lipinski definition) is 13. The molecule has 0 aromatic carbocycles. The first-order valence-corrected chi connectivity index (χ1v) is 12.3. The van der Waals surface area contributed by atoms with E-state index in [9.17, 15) is 0 Å². The van der Waals surface area contributed by atoms with E-state index in [4.69, 9.17) is 67.6 Å². The smallest absolute Gasteiger partial charge is 0.0637 e. The van der Waals surface area contributed by atoms with Crippen molar-refractivity contribution in [2.75, 3.05) is 132 Å². The lowest BCUT2D eigenvalue weighted by molar-refractivity contribution is -0.140. The van der Waals surface area contributed by atoms with Crippen LogP contribution in [0, 0.1) is 10.8 Å². The van der Waals surface area contributed by atoms with Gasteiger partial charge in [-0.1, -0.05) is 0 Å². The Morgan fingerprint density at radius 1 is 0.286 bits per heavy atom. The molecule has 0 spiro atoms. The van der Waals surface area contributed by atoms with Crippen LogP contribution in [-0.2, 0) is 33.2 Å². The van der Waals surface area contributed by atoms with Gasteiger partial charge < -0.3 is 67.6 Å². The van der Waals surface area contributed by atoms with Crippen molar-refractivity contribution in [3.05, 3.63) is 0 Å². The van der Waals surface area contributed by atoms with Gasteiger partial charge in [0.15, 0.2) is 0 Å². The van der Waals surface area contributed by atoms with Crippen LogP contribution in [0.5, 0.6) is 0 Å². The molecule has 0 unspecified atom stereocenters. The van der Waals surface area contributed by atoms with Crippen LogP contribution in [0.1, 0.15) is 0 Å². The second-order valence-electron chi connectivity index (χ2n) is 8.54. The summed E-state index contributed by atoms with van der Waals surface area (Å²) in [7, 11) is 0. The third-order valence-corrected chi connectivity index (χ3v) is 4.84. The Morgan fingerprint density at radius 2 is 0.457 bits per heavy atom. The van der Waals surface area contributed by atoms with E-state index in [2.05, 4.69) is 0 Å². The summed E-state index contributed by atoms with van der Waals surface area (Å²) in [5.74, 6) is 0. The molecule has 0 aromatic heterocycles. The minimum atomic E-state index is -0.584. The largest absolute Gasteiger partial charge is 0.380 e. The van der Waals surface area contributed by atoms with E-state index >= 15 is 0 Å². The normalized spacial score (nSPS) is 12.5. The van der Waals surface area contributed by atoms with Gasteiger partial charge in [-0.3, -0.25) is 0 Å². The lowest BCUT2D eigenvalue weighted by Gasteiger charge is -2.36. The summed E-state index contributed by atoms with van der Waals surface area (Å²) in [5, 5.41) is 0. The average molecular weight is 513 g/mol. The van der Waals surface area contributed by atoms with Gasteiger partial charge in [0.25, 0.3) is 0 Å². The molecule has 0 amide bonds. The summed E-state index contributed by atoms with van der Waals surface area (Å²) in [4.78, 5) is 0.